The average molecular weight is 456 g/mol. The minimum atomic E-state index is 0.0124. The second kappa shape index (κ2) is 22.2. The number of carbonyl (C=O) groups excluding carboxylic acids is 1. The third-order valence-electron chi connectivity index (χ3n) is 6.51. The van der Waals surface area contributed by atoms with E-state index in [1.165, 1.54) is 83.5 Å². The summed E-state index contributed by atoms with van der Waals surface area (Å²) in [6.45, 7) is 11.3. The molecular formula is C28H57NO3. The molecule has 0 aromatic rings. The summed E-state index contributed by atoms with van der Waals surface area (Å²) in [6, 6.07) is 0. The van der Waals surface area contributed by atoms with Crippen molar-refractivity contribution in [2.75, 3.05) is 26.3 Å². The van der Waals surface area contributed by atoms with Crippen molar-refractivity contribution in [1.29, 1.82) is 0 Å². The predicted octanol–water partition coefficient (Wildman–Crippen LogP) is 7.43. The molecule has 4 nitrogen and oxygen atoms in total. The molecule has 0 unspecified atom stereocenters. The van der Waals surface area contributed by atoms with E-state index in [9.17, 15) is 4.79 Å². The summed E-state index contributed by atoms with van der Waals surface area (Å²) in [5, 5.41) is 12.0. The van der Waals surface area contributed by atoms with E-state index >= 15 is 0 Å². The Balaban J connectivity index is 4.19. The van der Waals surface area contributed by atoms with Crippen molar-refractivity contribution in [3.8, 4) is 0 Å². The van der Waals surface area contributed by atoms with Crippen molar-refractivity contribution in [2.45, 2.75) is 137 Å². The Morgan fingerprint density at radius 2 is 1.38 bits per heavy atom. The molecule has 0 saturated carbocycles. The van der Waals surface area contributed by atoms with Gasteiger partial charge in [0.25, 0.3) is 0 Å². The zero-order chi connectivity index (χ0) is 23.9. The maximum atomic E-state index is 12.6. The van der Waals surface area contributed by atoms with E-state index in [0.29, 0.717) is 25.5 Å². The Hall–Kier alpha value is -0.610. The van der Waals surface area contributed by atoms with Gasteiger partial charge in [-0.1, -0.05) is 105 Å². The molecule has 0 aliphatic carbocycles. The summed E-state index contributed by atoms with van der Waals surface area (Å²) >= 11 is 0. The van der Waals surface area contributed by atoms with Crippen molar-refractivity contribution in [1.82, 2.24) is 5.32 Å². The second-order valence-electron chi connectivity index (χ2n) is 10.6. The molecule has 0 heterocycles. The van der Waals surface area contributed by atoms with Crippen LogP contribution in [0.4, 0.5) is 0 Å². The van der Waals surface area contributed by atoms with Crippen molar-refractivity contribution in [3.63, 3.8) is 0 Å². The van der Waals surface area contributed by atoms with Crippen molar-refractivity contribution < 1.29 is 14.6 Å². The first-order chi connectivity index (χ1) is 15.4. The lowest BCUT2D eigenvalue weighted by molar-refractivity contribution is -0.148. The molecule has 32 heavy (non-hydrogen) atoms. The van der Waals surface area contributed by atoms with Gasteiger partial charge in [-0.25, -0.2) is 0 Å². The molecule has 0 bridgehead atoms. The number of nitrogens with one attached hydrogen (secondary N) is 1. The molecular weight excluding hydrogens is 398 g/mol. The van der Waals surface area contributed by atoms with Crippen LogP contribution < -0.4 is 5.32 Å². The lowest BCUT2D eigenvalue weighted by atomic mass is 9.87. The Labute approximate surface area is 200 Å². The fraction of sp³-hybridized carbons (Fsp3) is 0.964. The highest BCUT2D eigenvalue weighted by atomic mass is 16.5. The lowest BCUT2D eigenvalue weighted by Gasteiger charge is -2.25. The molecule has 192 valence electrons. The standard InChI is InChI=1S/C28H57NO3/c1-5-7-9-11-14-18-26(19-15-12-10-8-6-2)24-27(31)32-25-28(3,4)20-16-13-17-21-29-22-23-30/h26,29-30H,5-25H2,1-4H3. The first kappa shape index (κ1) is 31.4. The zero-order valence-corrected chi connectivity index (χ0v) is 22.2. The van der Waals surface area contributed by atoms with Crippen LogP contribution in [0.3, 0.4) is 0 Å². The van der Waals surface area contributed by atoms with Gasteiger partial charge in [-0.05, 0) is 43.6 Å². The average Bonchev–Trinajstić information content (AvgIpc) is 2.76. The van der Waals surface area contributed by atoms with Gasteiger partial charge in [0.2, 0.25) is 0 Å². The van der Waals surface area contributed by atoms with Gasteiger partial charge >= 0.3 is 5.97 Å². The highest BCUT2D eigenvalue weighted by Gasteiger charge is 2.21. The van der Waals surface area contributed by atoms with Gasteiger partial charge in [0.15, 0.2) is 0 Å². The molecule has 0 rings (SSSR count). The van der Waals surface area contributed by atoms with Crippen LogP contribution in [0.1, 0.15) is 137 Å². The molecule has 0 atom stereocenters. The van der Waals surface area contributed by atoms with E-state index < -0.39 is 0 Å². The molecule has 0 radical (unpaired) electrons. The van der Waals surface area contributed by atoms with Gasteiger partial charge in [0, 0.05) is 13.0 Å². The first-order valence-corrected chi connectivity index (χ1v) is 13.9. The topological polar surface area (TPSA) is 58.6 Å². The number of aliphatic hydroxyl groups is 1. The molecule has 4 heteroatoms. The Kier molecular flexibility index (Phi) is 21.8. The summed E-state index contributed by atoms with van der Waals surface area (Å²) in [5.74, 6) is 0.513. The monoisotopic (exact) mass is 455 g/mol. The van der Waals surface area contributed by atoms with Gasteiger partial charge in [0.05, 0.1) is 13.2 Å². The van der Waals surface area contributed by atoms with Crippen molar-refractivity contribution in [2.24, 2.45) is 11.3 Å². The van der Waals surface area contributed by atoms with Crippen molar-refractivity contribution in [3.05, 3.63) is 0 Å². The number of hydrogen-bond donors (Lipinski definition) is 2. The van der Waals surface area contributed by atoms with E-state index in [1.54, 1.807) is 0 Å². The van der Waals surface area contributed by atoms with Crippen LogP contribution in [0.2, 0.25) is 0 Å². The highest BCUT2D eigenvalue weighted by Crippen LogP contribution is 2.26. The van der Waals surface area contributed by atoms with Gasteiger partial charge in [-0.15, -0.1) is 0 Å². The van der Waals surface area contributed by atoms with Crippen LogP contribution in [-0.4, -0.2) is 37.4 Å². The van der Waals surface area contributed by atoms with Gasteiger partial charge in [-0.2, -0.15) is 0 Å². The fourth-order valence-electron chi connectivity index (χ4n) is 4.30. The summed E-state index contributed by atoms with van der Waals surface area (Å²) in [6.07, 6.45) is 20.5. The number of rotatable bonds is 24. The third-order valence-corrected chi connectivity index (χ3v) is 6.51. The van der Waals surface area contributed by atoms with Crippen LogP contribution in [0.25, 0.3) is 0 Å². The minimum absolute atomic E-state index is 0.0124. The van der Waals surface area contributed by atoms with Gasteiger partial charge < -0.3 is 15.2 Å². The molecule has 0 fully saturated rings. The summed E-state index contributed by atoms with van der Waals surface area (Å²) in [4.78, 5) is 12.6. The third kappa shape index (κ3) is 21.2. The minimum Gasteiger partial charge on any atom is -0.465 e. The Morgan fingerprint density at radius 1 is 0.812 bits per heavy atom. The van der Waals surface area contributed by atoms with Gasteiger partial charge in [0.1, 0.15) is 0 Å². The second-order valence-corrected chi connectivity index (χ2v) is 10.6. The number of carbonyl (C=O) groups is 1. The van der Waals surface area contributed by atoms with Gasteiger partial charge in [-0.3, -0.25) is 4.79 Å². The normalized spacial score (nSPS) is 11.9. The number of hydrogen-bond acceptors (Lipinski definition) is 4. The first-order valence-electron chi connectivity index (χ1n) is 13.9. The summed E-state index contributed by atoms with van der Waals surface area (Å²) in [7, 11) is 0. The molecule has 0 aromatic heterocycles. The SMILES string of the molecule is CCCCCCCC(CCCCCCC)CC(=O)OCC(C)(C)CCCCCNCCO. The Morgan fingerprint density at radius 3 is 1.94 bits per heavy atom. The maximum absolute atomic E-state index is 12.6. The van der Waals surface area contributed by atoms with E-state index in [2.05, 4.69) is 33.0 Å². The van der Waals surface area contributed by atoms with Crippen molar-refractivity contribution >= 4 is 5.97 Å². The molecule has 0 amide bonds. The van der Waals surface area contributed by atoms with Crippen LogP contribution in [-0.2, 0) is 9.53 Å². The van der Waals surface area contributed by atoms with Crippen LogP contribution in [0.15, 0.2) is 0 Å². The number of aliphatic hydroxyl groups excluding tert-OH is 1. The smallest absolute Gasteiger partial charge is 0.306 e. The molecule has 0 spiro atoms. The van der Waals surface area contributed by atoms with E-state index in [4.69, 9.17) is 9.84 Å². The van der Waals surface area contributed by atoms with Crippen LogP contribution in [0, 0.1) is 11.3 Å². The zero-order valence-electron chi connectivity index (χ0n) is 22.2. The lowest BCUT2D eigenvalue weighted by Crippen LogP contribution is -2.23. The quantitative estimate of drug-likeness (QED) is 0.117. The van der Waals surface area contributed by atoms with E-state index in [-0.39, 0.29) is 18.0 Å². The van der Waals surface area contributed by atoms with Crippen LogP contribution >= 0.6 is 0 Å². The number of unbranched alkanes of at least 4 members (excludes halogenated alkanes) is 10. The number of esters is 1. The largest absolute Gasteiger partial charge is 0.465 e. The van der Waals surface area contributed by atoms with E-state index in [1.807, 2.05) is 0 Å². The molecule has 0 aliphatic rings. The fourth-order valence-corrected chi connectivity index (χ4v) is 4.30. The van der Waals surface area contributed by atoms with Crippen LogP contribution in [0.5, 0.6) is 0 Å². The maximum Gasteiger partial charge on any atom is 0.306 e. The summed E-state index contributed by atoms with van der Waals surface area (Å²) in [5.41, 5.74) is 0.0456. The predicted molar refractivity (Wildman–Crippen MR) is 138 cm³/mol. The molecule has 0 aliphatic heterocycles. The Bertz CT molecular complexity index is 397. The number of ether oxygens (including phenoxy) is 1. The van der Waals surface area contributed by atoms with E-state index in [0.717, 1.165) is 25.8 Å². The molecule has 2 N–H and O–H groups in total. The summed E-state index contributed by atoms with van der Waals surface area (Å²) < 4.78 is 5.76. The highest BCUT2D eigenvalue weighted by molar-refractivity contribution is 5.69. The molecule has 0 aromatic carbocycles. The molecule has 0 saturated heterocycles.